The highest BCUT2D eigenvalue weighted by Gasteiger charge is 2.13. The first-order valence-electron chi connectivity index (χ1n) is 5.16. The molecule has 0 rings (SSSR count). The van der Waals surface area contributed by atoms with Crippen LogP contribution in [0.2, 0.25) is 0 Å². The Morgan fingerprint density at radius 1 is 1.06 bits per heavy atom. The van der Waals surface area contributed by atoms with Crippen molar-refractivity contribution in [3.05, 3.63) is 23.3 Å². The summed E-state index contributed by atoms with van der Waals surface area (Å²) in [6.45, 7) is 5.28. The highest BCUT2D eigenvalue weighted by molar-refractivity contribution is 5.91. The lowest BCUT2D eigenvalue weighted by Crippen LogP contribution is -2.15. The normalized spacial score (nSPS) is 12.2. The first kappa shape index (κ1) is 14.4. The standard InChI is InChI=1S/C12H18O4/c1-5-9(6-2)12(14)16-8-10(7-3)11(13)15-4/h5,7H,6,8H2,1-4H3/b9-5+,10-7+. The summed E-state index contributed by atoms with van der Waals surface area (Å²) < 4.78 is 9.52. The van der Waals surface area contributed by atoms with Gasteiger partial charge in [-0.25, -0.2) is 9.59 Å². The number of methoxy groups -OCH3 is 1. The minimum Gasteiger partial charge on any atom is -0.466 e. The van der Waals surface area contributed by atoms with Crippen LogP contribution in [0.3, 0.4) is 0 Å². The van der Waals surface area contributed by atoms with Gasteiger partial charge in [0.15, 0.2) is 0 Å². The van der Waals surface area contributed by atoms with E-state index in [1.165, 1.54) is 7.11 Å². The summed E-state index contributed by atoms with van der Waals surface area (Å²) in [4.78, 5) is 22.6. The molecule has 0 aromatic heterocycles. The fraction of sp³-hybridized carbons (Fsp3) is 0.500. The summed E-state index contributed by atoms with van der Waals surface area (Å²) >= 11 is 0. The molecule has 0 aliphatic carbocycles. The number of esters is 2. The van der Waals surface area contributed by atoms with Crippen molar-refractivity contribution in [2.45, 2.75) is 27.2 Å². The number of carbonyl (C=O) groups excluding carboxylic acids is 2. The summed E-state index contributed by atoms with van der Waals surface area (Å²) in [6.07, 6.45) is 3.88. The first-order chi connectivity index (χ1) is 7.60. The molecule has 4 heteroatoms. The third kappa shape index (κ3) is 4.29. The van der Waals surface area contributed by atoms with E-state index < -0.39 is 11.9 Å². The number of carbonyl (C=O) groups is 2. The maximum Gasteiger partial charge on any atom is 0.336 e. The average Bonchev–Trinajstić information content (AvgIpc) is 2.31. The molecule has 0 saturated heterocycles. The van der Waals surface area contributed by atoms with E-state index in [1.807, 2.05) is 6.92 Å². The Balaban J connectivity index is 4.34. The van der Waals surface area contributed by atoms with Gasteiger partial charge in [0, 0.05) is 5.57 Å². The van der Waals surface area contributed by atoms with Gasteiger partial charge < -0.3 is 9.47 Å². The molecule has 4 nitrogen and oxygen atoms in total. The first-order valence-corrected chi connectivity index (χ1v) is 5.16. The Kier molecular flexibility index (Phi) is 6.92. The van der Waals surface area contributed by atoms with Crippen LogP contribution < -0.4 is 0 Å². The van der Waals surface area contributed by atoms with Crippen molar-refractivity contribution >= 4 is 11.9 Å². The van der Waals surface area contributed by atoms with Gasteiger partial charge in [0.25, 0.3) is 0 Å². The van der Waals surface area contributed by atoms with Crippen LogP contribution in [-0.2, 0) is 19.1 Å². The molecule has 0 saturated carbocycles. The van der Waals surface area contributed by atoms with Crippen molar-refractivity contribution in [2.75, 3.05) is 13.7 Å². The van der Waals surface area contributed by atoms with Crippen LogP contribution in [0.5, 0.6) is 0 Å². The van der Waals surface area contributed by atoms with Gasteiger partial charge in [-0.2, -0.15) is 0 Å². The topological polar surface area (TPSA) is 52.6 Å². The van der Waals surface area contributed by atoms with Crippen molar-refractivity contribution in [1.29, 1.82) is 0 Å². The summed E-state index contributed by atoms with van der Waals surface area (Å²) in [6, 6.07) is 0. The average molecular weight is 226 g/mol. The second kappa shape index (κ2) is 7.68. The maximum absolute atomic E-state index is 11.5. The highest BCUT2D eigenvalue weighted by Crippen LogP contribution is 2.05. The van der Waals surface area contributed by atoms with Crippen molar-refractivity contribution in [1.82, 2.24) is 0 Å². The van der Waals surface area contributed by atoms with E-state index in [1.54, 1.807) is 26.0 Å². The predicted octanol–water partition coefficient (Wildman–Crippen LogP) is 2.01. The summed E-state index contributed by atoms with van der Waals surface area (Å²) in [7, 11) is 1.29. The zero-order chi connectivity index (χ0) is 12.6. The van der Waals surface area contributed by atoms with Crippen LogP contribution in [0.25, 0.3) is 0 Å². The molecule has 0 amide bonds. The molecule has 90 valence electrons. The van der Waals surface area contributed by atoms with E-state index in [-0.39, 0.29) is 6.61 Å². The molecule has 0 fully saturated rings. The number of hydrogen-bond donors (Lipinski definition) is 0. The van der Waals surface area contributed by atoms with Gasteiger partial charge in [-0.1, -0.05) is 19.1 Å². The van der Waals surface area contributed by atoms with Crippen LogP contribution in [0.15, 0.2) is 23.3 Å². The molecule has 0 spiro atoms. The second-order valence-corrected chi connectivity index (χ2v) is 3.05. The molecule has 0 bridgehead atoms. The molecule has 16 heavy (non-hydrogen) atoms. The van der Waals surface area contributed by atoms with Gasteiger partial charge in [-0.15, -0.1) is 0 Å². The van der Waals surface area contributed by atoms with Crippen molar-refractivity contribution in [3.8, 4) is 0 Å². The van der Waals surface area contributed by atoms with Crippen LogP contribution in [0, 0.1) is 0 Å². The molecular formula is C12H18O4. The van der Waals surface area contributed by atoms with Crippen molar-refractivity contribution < 1.29 is 19.1 Å². The van der Waals surface area contributed by atoms with Crippen LogP contribution >= 0.6 is 0 Å². The monoisotopic (exact) mass is 226 g/mol. The molecule has 0 heterocycles. The van der Waals surface area contributed by atoms with Crippen LogP contribution in [0.1, 0.15) is 27.2 Å². The van der Waals surface area contributed by atoms with Crippen molar-refractivity contribution in [3.63, 3.8) is 0 Å². The number of hydrogen-bond acceptors (Lipinski definition) is 4. The lowest BCUT2D eigenvalue weighted by molar-refractivity contribution is -0.140. The Labute approximate surface area is 95.9 Å². The van der Waals surface area contributed by atoms with E-state index >= 15 is 0 Å². The molecule has 0 radical (unpaired) electrons. The molecule has 0 aromatic rings. The van der Waals surface area contributed by atoms with Gasteiger partial charge in [0.1, 0.15) is 6.61 Å². The van der Waals surface area contributed by atoms with Gasteiger partial charge in [-0.3, -0.25) is 0 Å². The molecule has 0 N–H and O–H groups in total. The van der Waals surface area contributed by atoms with Gasteiger partial charge in [-0.05, 0) is 20.3 Å². The van der Waals surface area contributed by atoms with E-state index in [9.17, 15) is 9.59 Å². The zero-order valence-corrected chi connectivity index (χ0v) is 10.2. The van der Waals surface area contributed by atoms with Gasteiger partial charge in [0.05, 0.1) is 12.7 Å². The Morgan fingerprint density at radius 2 is 1.62 bits per heavy atom. The fourth-order valence-corrected chi connectivity index (χ4v) is 1.09. The Hall–Kier alpha value is -1.58. The largest absolute Gasteiger partial charge is 0.466 e. The molecular weight excluding hydrogens is 208 g/mol. The lowest BCUT2D eigenvalue weighted by Gasteiger charge is -2.07. The van der Waals surface area contributed by atoms with E-state index in [4.69, 9.17) is 4.74 Å². The minimum atomic E-state index is -0.478. The smallest absolute Gasteiger partial charge is 0.336 e. The summed E-state index contributed by atoms with van der Waals surface area (Å²) in [5, 5.41) is 0. The Bertz CT molecular complexity index is 313. The van der Waals surface area contributed by atoms with E-state index in [0.717, 1.165) is 0 Å². The van der Waals surface area contributed by atoms with E-state index in [2.05, 4.69) is 4.74 Å². The number of ether oxygens (including phenoxy) is 2. The van der Waals surface area contributed by atoms with Crippen LogP contribution in [-0.4, -0.2) is 25.7 Å². The van der Waals surface area contributed by atoms with E-state index in [0.29, 0.717) is 17.6 Å². The molecule has 0 atom stereocenters. The predicted molar refractivity (Wildman–Crippen MR) is 60.8 cm³/mol. The lowest BCUT2D eigenvalue weighted by atomic mass is 10.2. The fourth-order valence-electron chi connectivity index (χ4n) is 1.09. The molecule has 0 aliphatic heterocycles. The summed E-state index contributed by atoms with van der Waals surface area (Å²) in [5.41, 5.74) is 0.933. The molecule has 0 aromatic carbocycles. The molecule has 0 aliphatic rings. The van der Waals surface area contributed by atoms with Gasteiger partial charge >= 0.3 is 11.9 Å². The third-order valence-corrected chi connectivity index (χ3v) is 2.15. The number of rotatable bonds is 5. The molecule has 0 unspecified atom stereocenters. The summed E-state index contributed by atoms with van der Waals surface area (Å²) in [5.74, 6) is -0.873. The highest BCUT2D eigenvalue weighted by atomic mass is 16.5. The maximum atomic E-state index is 11.5. The zero-order valence-electron chi connectivity index (χ0n) is 10.2. The third-order valence-electron chi connectivity index (χ3n) is 2.15. The van der Waals surface area contributed by atoms with Crippen molar-refractivity contribution in [2.24, 2.45) is 0 Å². The second-order valence-electron chi connectivity index (χ2n) is 3.05. The van der Waals surface area contributed by atoms with Gasteiger partial charge in [0.2, 0.25) is 0 Å². The SMILES string of the molecule is C/C=C(\COC(=O)/C(=C/C)CC)C(=O)OC. The van der Waals surface area contributed by atoms with Crippen LogP contribution in [0.4, 0.5) is 0 Å². The minimum absolute atomic E-state index is 0.0562. The number of allylic oxidation sites excluding steroid dienone is 2. The Morgan fingerprint density at radius 3 is 2.00 bits per heavy atom. The quantitative estimate of drug-likeness (QED) is 0.531.